The number of amides is 1. The summed E-state index contributed by atoms with van der Waals surface area (Å²) >= 11 is 0. The summed E-state index contributed by atoms with van der Waals surface area (Å²) in [5, 5.41) is 28.8. The maximum Gasteiger partial charge on any atom is 0.317 e. The lowest BCUT2D eigenvalue weighted by Crippen LogP contribution is -2.45. The van der Waals surface area contributed by atoms with Crippen LogP contribution in [0, 0.1) is 0 Å². The summed E-state index contributed by atoms with van der Waals surface area (Å²) in [5.74, 6) is -3.86. The molecule has 10 nitrogen and oxygen atoms in total. The van der Waals surface area contributed by atoms with Gasteiger partial charge in [-0.25, -0.2) is 0 Å². The average Bonchev–Trinajstić information content (AvgIpc) is 2.33. The lowest BCUT2D eigenvalue weighted by Gasteiger charge is -2.24. The number of hydrogen-bond acceptors (Lipinski definition) is 6. The molecule has 4 N–H and O–H groups in total. The molecule has 0 spiro atoms. The largest absolute Gasteiger partial charge is 0.480 e. The minimum absolute atomic E-state index is 0.0191. The van der Waals surface area contributed by atoms with Crippen LogP contribution in [-0.2, 0) is 19.2 Å². The molecule has 0 fully saturated rings. The van der Waals surface area contributed by atoms with Crippen molar-refractivity contribution in [1.82, 2.24) is 15.1 Å². The molecule has 0 rings (SSSR count). The van der Waals surface area contributed by atoms with Gasteiger partial charge in [-0.1, -0.05) is 0 Å². The monoisotopic (exact) mass is 319 g/mol. The summed E-state index contributed by atoms with van der Waals surface area (Å²) in [6.45, 7) is 0.696. The van der Waals surface area contributed by atoms with Crippen molar-refractivity contribution < 1.29 is 34.5 Å². The van der Waals surface area contributed by atoms with Crippen LogP contribution in [0.4, 0.5) is 0 Å². The van der Waals surface area contributed by atoms with Crippen LogP contribution in [0.2, 0.25) is 0 Å². The maximum absolute atomic E-state index is 11.5. The van der Waals surface area contributed by atoms with Crippen LogP contribution in [0.3, 0.4) is 0 Å². The highest BCUT2D eigenvalue weighted by Gasteiger charge is 2.18. The number of rotatable bonds is 12. The number of carbonyl (C=O) groups is 4. The number of carbonyl (C=O) groups excluding carboxylic acids is 1. The van der Waals surface area contributed by atoms with Gasteiger partial charge in [0.15, 0.2) is 0 Å². The molecule has 0 aliphatic carbocycles. The van der Waals surface area contributed by atoms with Crippen molar-refractivity contribution >= 4 is 23.8 Å². The molecule has 10 heteroatoms. The van der Waals surface area contributed by atoms with Crippen molar-refractivity contribution in [3.63, 3.8) is 0 Å². The summed E-state index contributed by atoms with van der Waals surface area (Å²) in [4.78, 5) is 46.1. The highest BCUT2D eigenvalue weighted by Crippen LogP contribution is 1.94. The zero-order valence-corrected chi connectivity index (χ0v) is 12.3. The molecule has 0 aliphatic rings. The van der Waals surface area contributed by atoms with E-state index in [1.54, 1.807) is 6.92 Å². The quantitative estimate of drug-likeness (QED) is 0.320. The zero-order valence-electron chi connectivity index (χ0n) is 12.3. The van der Waals surface area contributed by atoms with E-state index in [1.807, 2.05) is 0 Å². The Morgan fingerprint density at radius 3 is 1.45 bits per heavy atom. The number of hydrogen-bond donors (Lipinski definition) is 4. The van der Waals surface area contributed by atoms with Gasteiger partial charge in [-0.15, -0.1) is 0 Å². The minimum Gasteiger partial charge on any atom is -0.480 e. The van der Waals surface area contributed by atoms with E-state index < -0.39 is 37.5 Å². The summed E-state index contributed by atoms with van der Waals surface area (Å²) in [6.07, 6.45) is 0. The Morgan fingerprint density at radius 1 is 0.773 bits per heavy atom. The molecule has 0 aromatic heterocycles. The van der Waals surface area contributed by atoms with Gasteiger partial charge in [0.1, 0.15) is 0 Å². The molecular formula is C12H21N3O7. The van der Waals surface area contributed by atoms with E-state index in [0.29, 0.717) is 6.54 Å². The van der Waals surface area contributed by atoms with E-state index >= 15 is 0 Å². The van der Waals surface area contributed by atoms with Gasteiger partial charge in [0.2, 0.25) is 5.91 Å². The molecule has 0 bridgehead atoms. The number of carboxylic acid groups (broad SMARTS) is 3. The highest BCUT2D eigenvalue weighted by molar-refractivity contribution is 5.79. The standard InChI is InChI=1S/C12H21N3O7/c1-2-13-9(16)5-14(6-10(17)18)3-4-15(7-11(19)20)8-12(21)22/h2-8H2,1H3,(H,13,16)(H,17,18)(H,19,20)(H,21,22). The Labute approximate surface area is 127 Å². The summed E-state index contributed by atoms with van der Waals surface area (Å²) in [6, 6.07) is 0. The average molecular weight is 319 g/mol. The Hall–Kier alpha value is -2.20. The third-order valence-electron chi connectivity index (χ3n) is 2.55. The molecule has 0 radical (unpaired) electrons. The number of carboxylic acids is 3. The van der Waals surface area contributed by atoms with Crippen LogP contribution in [0.25, 0.3) is 0 Å². The van der Waals surface area contributed by atoms with Crippen LogP contribution >= 0.6 is 0 Å². The van der Waals surface area contributed by atoms with Gasteiger partial charge < -0.3 is 20.6 Å². The molecule has 0 aromatic carbocycles. The van der Waals surface area contributed by atoms with Gasteiger partial charge >= 0.3 is 17.9 Å². The molecule has 0 saturated heterocycles. The van der Waals surface area contributed by atoms with Crippen LogP contribution < -0.4 is 5.32 Å². The van der Waals surface area contributed by atoms with E-state index in [0.717, 1.165) is 4.90 Å². The van der Waals surface area contributed by atoms with Crippen LogP contribution in [0.1, 0.15) is 6.92 Å². The SMILES string of the molecule is CCNC(=O)CN(CCN(CC(=O)O)CC(=O)O)CC(=O)O. The lowest BCUT2D eigenvalue weighted by molar-refractivity contribution is -0.143. The zero-order chi connectivity index (χ0) is 17.1. The van der Waals surface area contributed by atoms with Crippen molar-refractivity contribution in [2.75, 3.05) is 45.8 Å². The Balaban J connectivity index is 4.59. The van der Waals surface area contributed by atoms with Gasteiger partial charge in [0.25, 0.3) is 0 Å². The second-order valence-electron chi connectivity index (χ2n) is 4.56. The Kier molecular flexibility index (Phi) is 9.46. The van der Waals surface area contributed by atoms with Gasteiger partial charge in [-0.3, -0.25) is 29.0 Å². The maximum atomic E-state index is 11.5. The van der Waals surface area contributed by atoms with E-state index in [4.69, 9.17) is 15.3 Å². The molecule has 0 aliphatic heterocycles. The first-order chi connectivity index (χ1) is 10.2. The fourth-order valence-electron chi connectivity index (χ4n) is 1.74. The molecule has 0 heterocycles. The normalized spacial score (nSPS) is 10.7. The van der Waals surface area contributed by atoms with E-state index in [-0.39, 0.29) is 25.5 Å². The molecule has 0 aromatic rings. The van der Waals surface area contributed by atoms with Crippen molar-refractivity contribution in [3.8, 4) is 0 Å². The van der Waals surface area contributed by atoms with Crippen molar-refractivity contribution in [1.29, 1.82) is 0 Å². The third-order valence-corrected chi connectivity index (χ3v) is 2.55. The van der Waals surface area contributed by atoms with Gasteiger partial charge in [0.05, 0.1) is 26.2 Å². The molecule has 1 amide bonds. The number of aliphatic carboxylic acids is 3. The number of nitrogens with one attached hydrogen (secondary N) is 1. The highest BCUT2D eigenvalue weighted by atomic mass is 16.4. The van der Waals surface area contributed by atoms with E-state index in [2.05, 4.69) is 5.32 Å². The Bertz CT molecular complexity index is 398. The second kappa shape index (κ2) is 10.5. The van der Waals surface area contributed by atoms with Crippen LogP contribution in [0.15, 0.2) is 0 Å². The fourth-order valence-corrected chi connectivity index (χ4v) is 1.74. The van der Waals surface area contributed by atoms with Crippen molar-refractivity contribution in [3.05, 3.63) is 0 Å². The molecule has 126 valence electrons. The fraction of sp³-hybridized carbons (Fsp3) is 0.667. The topological polar surface area (TPSA) is 147 Å². The predicted molar refractivity (Wildman–Crippen MR) is 74.5 cm³/mol. The van der Waals surface area contributed by atoms with Crippen molar-refractivity contribution in [2.24, 2.45) is 0 Å². The van der Waals surface area contributed by atoms with Gasteiger partial charge in [0, 0.05) is 19.6 Å². The first-order valence-electron chi connectivity index (χ1n) is 6.61. The molecule has 0 saturated carbocycles. The molecular weight excluding hydrogens is 298 g/mol. The smallest absolute Gasteiger partial charge is 0.317 e. The van der Waals surface area contributed by atoms with Gasteiger partial charge in [-0.2, -0.15) is 0 Å². The van der Waals surface area contributed by atoms with Crippen molar-refractivity contribution in [2.45, 2.75) is 6.92 Å². The van der Waals surface area contributed by atoms with E-state index in [9.17, 15) is 19.2 Å². The summed E-state index contributed by atoms with van der Waals surface area (Å²) in [7, 11) is 0. The number of likely N-dealkylation sites (N-methyl/N-ethyl adjacent to an activating group) is 1. The van der Waals surface area contributed by atoms with Gasteiger partial charge in [-0.05, 0) is 6.92 Å². The first kappa shape index (κ1) is 19.8. The van der Waals surface area contributed by atoms with Crippen LogP contribution in [-0.4, -0.2) is 94.7 Å². The van der Waals surface area contributed by atoms with E-state index in [1.165, 1.54) is 4.90 Å². The lowest BCUT2D eigenvalue weighted by atomic mass is 10.3. The second-order valence-corrected chi connectivity index (χ2v) is 4.56. The van der Waals surface area contributed by atoms with Crippen LogP contribution in [0.5, 0.6) is 0 Å². The summed E-state index contributed by atoms with van der Waals surface area (Å²) in [5.41, 5.74) is 0. The molecule has 22 heavy (non-hydrogen) atoms. The number of nitrogens with zero attached hydrogens (tertiary/aromatic N) is 2. The third kappa shape index (κ3) is 10.6. The molecule has 0 atom stereocenters. The summed E-state index contributed by atoms with van der Waals surface area (Å²) < 4.78 is 0. The minimum atomic E-state index is -1.19. The Morgan fingerprint density at radius 2 is 1.14 bits per heavy atom. The first-order valence-corrected chi connectivity index (χ1v) is 6.61. The molecule has 0 unspecified atom stereocenters. The predicted octanol–water partition coefficient (Wildman–Crippen LogP) is -2.02.